The molecule has 0 bridgehead atoms. The van der Waals surface area contributed by atoms with Crippen LogP contribution >= 0.6 is 22.6 Å². The number of nitrogens with one attached hydrogen (secondary N) is 1. The van der Waals surface area contributed by atoms with E-state index in [9.17, 15) is 12.8 Å². The molecule has 0 aliphatic rings. The van der Waals surface area contributed by atoms with Crippen LogP contribution in [-0.2, 0) is 10.0 Å². The van der Waals surface area contributed by atoms with Crippen molar-refractivity contribution in [2.24, 2.45) is 0 Å². The molecule has 2 rings (SSSR count). The van der Waals surface area contributed by atoms with E-state index < -0.39 is 15.8 Å². The average molecular weight is 392 g/mol. The maximum absolute atomic E-state index is 13.0. The first-order valence-electron chi connectivity index (χ1n) is 5.22. The number of benzene rings is 2. The molecule has 0 heterocycles. The highest BCUT2D eigenvalue weighted by atomic mass is 127. The standard InChI is InChI=1S/C12H10FIN2O2S/c13-8-4-5-12(11(14)6-8)16-19(17,18)10-3-1-2-9(15)7-10/h1-7,16H,15H2. The Balaban J connectivity index is 2.36. The molecule has 0 aliphatic carbocycles. The van der Waals surface area contributed by atoms with Gasteiger partial charge in [0.2, 0.25) is 0 Å². The molecule has 19 heavy (non-hydrogen) atoms. The number of hydrogen-bond acceptors (Lipinski definition) is 3. The Morgan fingerprint density at radius 2 is 1.89 bits per heavy atom. The van der Waals surface area contributed by atoms with Crippen LogP contribution in [0.3, 0.4) is 0 Å². The third-order valence-electron chi connectivity index (χ3n) is 2.34. The Kier molecular flexibility index (Phi) is 3.95. The first-order valence-corrected chi connectivity index (χ1v) is 7.78. The van der Waals surface area contributed by atoms with Crippen LogP contribution in [0.15, 0.2) is 47.4 Å². The number of anilines is 2. The summed E-state index contributed by atoms with van der Waals surface area (Å²) in [7, 11) is -3.73. The largest absolute Gasteiger partial charge is 0.399 e. The van der Waals surface area contributed by atoms with Crippen molar-refractivity contribution in [3.63, 3.8) is 0 Å². The molecule has 3 N–H and O–H groups in total. The number of sulfonamides is 1. The van der Waals surface area contributed by atoms with Crippen LogP contribution in [0.5, 0.6) is 0 Å². The van der Waals surface area contributed by atoms with Crippen molar-refractivity contribution in [1.82, 2.24) is 0 Å². The maximum atomic E-state index is 13.0. The lowest BCUT2D eigenvalue weighted by molar-refractivity contribution is 0.601. The van der Waals surface area contributed by atoms with Gasteiger partial charge in [-0.2, -0.15) is 0 Å². The molecule has 0 spiro atoms. The highest BCUT2D eigenvalue weighted by molar-refractivity contribution is 14.1. The molecule has 0 atom stereocenters. The summed E-state index contributed by atoms with van der Waals surface area (Å²) in [6.07, 6.45) is 0. The Labute approximate surface area is 124 Å². The van der Waals surface area contributed by atoms with Gasteiger partial charge in [0.1, 0.15) is 5.82 Å². The minimum absolute atomic E-state index is 0.0626. The number of nitrogens with two attached hydrogens (primary N) is 1. The molecule has 0 amide bonds. The van der Waals surface area contributed by atoms with Crippen molar-refractivity contribution in [2.75, 3.05) is 10.5 Å². The third-order valence-corrected chi connectivity index (χ3v) is 4.60. The molecular formula is C12H10FIN2O2S. The molecule has 7 heteroatoms. The van der Waals surface area contributed by atoms with Crippen molar-refractivity contribution in [2.45, 2.75) is 4.90 Å². The van der Waals surface area contributed by atoms with Crippen LogP contribution in [0.1, 0.15) is 0 Å². The molecule has 0 radical (unpaired) electrons. The normalized spacial score (nSPS) is 11.3. The minimum atomic E-state index is -3.73. The van der Waals surface area contributed by atoms with Gasteiger partial charge in [-0.05, 0) is 59.0 Å². The van der Waals surface area contributed by atoms with E-state index in [4.69, 9.17) is 5.73 Å². The van der Waals surface area contributed by atoms with E-state index in [2.05, 4.69) is 4.72 Å². The van der Waals surface area contributed by atoms with E-state index in [1.54, 1.807) is 12.1 Å². The quantitative estimate of drug-likeness (QED) is 0.624. The predicted octanol–water partition coefficient (Wildman–Crippen LogP) is 2.81. The maximum Gasteiger partial charge on any atom is 0.262 e. The molecule has 0 fully saturated rings. The predicted molar refractivity (Wildman–Crippen MR) is 80.8 cm³/mol. The lowest BCUT2D eigenvalue weighted by Crippen LogP contribution is -2.14. The molecule has 2 aromatic carbocycles. The van der Waals surface area contributed by atoms with Crippen LogP contribution in [0.2, 0.25) is 0 Å². The van der Waals surface area contributed by atoms with Gasteiger partial charge in [0.15, 0.2) is 0 Å². The molecule has 0 aromatic heterocycles. The van der Waals surface area contributed by atoms with Gasteiger partial charge in [0.05, 0.1) is 10.6 Å². The average Bonchev–Trinajstić information content (AvgIpc) is 2.33. The zero-order chi connectivity index (χ0) is 14.0. The monoisotopic (exact) mass is 392 g/mol. The van der Waals surface area contributed by atoms with Crippen molar-refractivity contribution in [3.05, 3.63) is 51.9 Å². The number of rotatable bonds is 3. The lowest BCUT2D eigenvalue weighted by atomic mass is 10.3. The number of nitrogen functional groups attached to an aromatic ring is 1. The van der Waals surface area contributed by atoms with E-state index in [1.165, 1.54) is 30.3 Å². The summed E-state index contributed by atoms with van der Waals surface area (Å²) in [6, 6.07) is 9.77. The van der Waals surface area contributed by atoms with Gasteiger partial charge in [0, 0.05) is 9.26 Å². The van der Waals surface area contributed by atoms with Crippen molar-refractivity contribution >= 4 is 44.0 Å². The van der Waals surface area contributed by atoms with Gasteiger partial charge >= 0.3 is 0 Å². The summed E-state index contributed by atoms with van der Waals surface area (Å²) in [4.78, 5) is 0.0626. The summed E-state index contributed by atoms with van der Waals surface area (Å²) in [6.45, 7) is 0. The van der Waals surface area contributed by atoms with Crippen LogP contribution in [0, 0.1) is 9.39 Å². The van der Waals surface area contributed by atoms with Crippen molar-refractivity contribution in [3.8, 4) is 0 Å². The van der Waals surface area contributed by atoms with Gasteiger partial charge in [0.25, 0.3) is 10.0 Å². The van der Waals surface area contributed by atoms with E-state index in [1.807, 2.05) is 22.6 Å². The first-order chi connectivity index (χ1) is 8.88. The minimum Gasteiger partial charge on any atom is -0.399 e. The van der Waals surface area contributed by atoms with Crippen molar-refractivity contribution < 1.29 is 12.8 Å². The van der Waals surface area contributed by atoms with Gasteiger partial charge in [-0.1, -0.05) is 6.07 Å². The van der Waals surface area contributed by atoms with Gasteiger partial charge in [-0.25, -0.2) is 12.8 Å². The Hall–Kier alpha value is -1.35. The molecule has 2 aromatic rings. The van der Waals surface area contributed by atoms with E-state index >= 15 is 0 Å². The van der Waals surface area contributed by atoms with E-state index in [0.717, 1.165) is 0 Å². The number of halogens is 2. The third kappa shape index (κ3) is 3.35. The van der Waals surface area contributed by atoms with Crippen molar-refractivity contribution in [1.29, 1.82) is 0 Å². The van der Waals surface area contributed by atoms with Gasteiger partial charge in [-0.3, -0.25) is 4.72 Å². The summed E-state index contributed by atoms with van der Waals surface area (Å²) < 4.78 is 40.1. The first kappa shape index (κ1) is 14.1. The van der Waals surface area contributed by atoms with Crippen LogP contribution in [0.25, 0.3) is 0 Å². The molecule has 0 saturated heterocycles. The Bertz CT molecular complexity index is 719. The molecule has 0 saturated carbocycles. The van der Waals surface area contributed by atoms with Crippen LogP contribution in [0.4, 0.5) is 15.8 Å². The summed E-state index contributed by atoms with van der Waals surface area (Å²) >= 11 is 1.86. The summed E-state index contributed by atoms with van der Waals surface area (Å²) in [5, 5.41) is 0. The summed E-state index contributed by atoms with van der Waals surface area (Å²) in [5.41, 5.74) is 6.24. The fourth-order valence-corrected chi connectivity index (χ4v) is 3.39. The summed E-state index contributed by atoms with van der Waals surface area (Å²) in [5.74, 6) is -0.420. The van der Waals surface area contributed by atoms with Crippen LogP contribution < -0.4 is 10.5 Å². The van der Waals surface area contributed by atoms with E-state index in [0.29, 0.717) is 14.9 Å². The number of hydrogen-bond donors (Lipinski definition) is 2. The SMILES string of the molecule is Nc1cccc(S(=O)(=O)Nc2ccc(F)cc2I)c1. The molecule has 0 unspecified atom stereocenters. The molecular weight excluding hydrogens is 382 g/mol. The molecule has 4 nitrogen and oxygen atoms in total. The fourth-order valence-electron chi connectivity index (χ4n) is 1.46. The lowest BCUT2D eigenvalue weighted by Gasteiger charge is -2.10. The highest BCUT2D eigenvalue weighted by Crippen LogP contribution is 2.23. The Morgan fingerprint density at radius 3 is 2.53 bits per heavy atom. The molecule has 0 aliphatic heterocycles. The zero-order valence-corrected chi connectivity index (χ0v) is 12.6. The second-order valence-corrected chi connectivity index (χ2v) is 6.65. The second-order valence-electron chi connectivity index (χ2n) is 3.80. The smallest absolute Gasteiger partial charge is 0.262 e. The van der Waals surface area contributed by atoms with E-state index in [-0.39, 0.29) is 4.90 Å². The molecule has 100 valence electrons. The fraction of sp³-hybridized carbons (Fsp3) is 0. The van der Waals surface area contributed by atoms with Crippen LogP contribution in [-0.4, -0.2) is 8.42 Å². The highest BCUT2D eigenvalue weighted by Gasteiger charge is 2.15. The zero-order valence-electron chi connectivity index (χ0n) is 9.60. The topological polar surface area (TPSA) is 72.2 Å². The van der Waals surface area contributed by atoms with Gasteiger partial charge < -0.3 is 5.73 Å². The van der Waals surface area contributed by atoms with Gasteiger partial charge in [-0.15, -0.1) is 0 Å². The Morgan fingerprint density at radius 1 is 1.16 bits per heavy atom. The second kappa shape index (κ2) is 5.33.